The van der Waals surface area contributed by atoms with E-state index in [9.17, 15) is 25.8 Å². The number of benzene rings is 2. The summed E-state index contributed by atoms with van der Waals surface area (Å²) in [6, 6.07) is 17.4. The Labute approximate surface area is 244 Å². The fourth-order valence-electron chi connectivity index (χ4n) is 3.59. The van der Waals surface area contributed by atoms with Gasteiger partial charge in [0.15, 0.2) is 23.0 Å². The van der Waals surface area contributed by atoms with E-state index in [0.29, 0.717) is 57.3 Å². The number of methoxy groups -OCH3 is 3. The molecular weight excluding hydrogens is 536 g/mol. The van der Waals surface area contributed by atoms with Crippen LogP contribution in [0.5, 0.6) is 23.0 Å². The van der Waals surface area contributed by atoms with Gasteiger partial charge < -0.3 is 23.7 Å². The number of ether oxygens (including phenoxy) is 5. The first-order valence-corrected chi connectivity index (χ1v) is 12.4. The molecule has 2 aromatic carbocycles. The van der Waals surface area contributed by atoms with Crippen molar-refractivity contribution in [2.24, 2.45) is 0 Å². The van der Waals surface area contributed by atoms with E-state index in [1.54, 1.807) is 43.3 Å². The summed E-state index contributed by atoms with van der Waals surface area (Å²) in [7, 11) is 4.41. The van der Waals surface area contributed by atoms with Crippen LogP contribution in [0.3, 0.4) is 0 Å². The zero-order valence-corrected chi connectivity index (χ0v) is 23.7. The molecule has 0 fully saturated rings. The summed E-state index contributed by atoms with van der Waals surface area (Å²) in [4.78, 5) is 11.5. The molecule has 212 valence electrons. The maximum atomic E-state index is 11.5. The van der Waals surface area contributed by atoms with Crippen LogP contribution in [0.1, 0.15) is 24.5 Å². The van der Waals surface area contributed by atoms with E-state index in [-0.39, 0.29) is 24.4 Å². The van der Waals surface area contributed by atoms with Gasteiger partial charge in [-0.15, -0.1) is 0 Å². The van der Waals surface area contributed by atoms with Gasteiger partial charge in [0.05, 0.1) is 34.5 Å². The van der Waals surface area contributed by atoms with Crippen LogP contribution in [0, 0.1) is 45.3 Å². The third-order valence-electron chi connectivity index (χ3n) is 5.65. The first-order valence-electron chi connectivity index (χ1n) is 12.4. The molecule has 10 heteroatoms. The molecule has 0 aliphatic rings. The van der Waals surface area contributed by atoms with Gasteiger partial charge in [-0.05, 0) is 65.6 Å². The molecule has 42 heavy (non-hydrogen) atoms. The van der Waals surface area contributed by atoms with Crippen LogP contribution in [0.2, 0.25) is 0 Å². The first-order chi connectivity index (χ1) is 20.3. The van der Waals surface area contributed by atoms with E-state index in [4.69, 9.17) is 23.7 Å². The maximum Gasteiger partial charge on any atom is 0.333 e. The Morgan fingerprint density at radius 2 is 1.19 bits per heavy atom. The molecule has 0 aliphatic heterocycles. The number of nitriles is 4. The second kappa shape index (κ2) is 16.2. The maximum absolute atomic E-state index is 11.5. The van der Waals surface area contributed by atoms with Crippen LogP contribution >= 0.6 is 0 Å². The van der Waals surface area contributed by atoms with Gasteiger partial charge in [0.2, 0.25) is 0 Å². The van der Waals surface area contributed by atoms with Crippen LogP contribution in [0.4, 0.5) is 0 Å². The highest BCUT2D eigenvalue weighted by Crippen LogP contribution is 2.38. The summed E-state index contributed by atoms with van der Waals surface area (Å²) in [6.07, 6.45) is 3.15. The predicted molar refractivity (Wildman–Crippen MR) is 154 cm³/mol. The molecule has 0 amide bonds. The van der Waals surface area contributed by atoms with E-state index < -0.39 is 5.97 Å². The number of esters is 1. The van der Waals surface area contributed by atoms with Gasteiger partial charge in [-0.25, -0.2) is 4.79 Å². The van der Waals surface area contributed by atoms with E-state index in [0.717, 1.165) is 0 Å². The molecule has 0 N–H and O–H groups in total. The minimum absolute atomic E-state index is 0.149. The minimum atomic E-state index is -0.478. The molecule has 0 radical (unpaired) electrons. The van der Waals surface area contributed by atoms with Crippen LogP contribution in [-0.4, -0.2) is 40.5 Å². The van der Waals surface area contributed by atoms with Crippen molar-refractivity contribution in [1.82, 2.24) is 0 Å². The summed E-state index contributed by atoms with van der Waals surface area (Å²) in [6.45, 7) is 5.47. The molecule has 0 atom stereocenters. The second-order valence-electron chi connectivity index (χ2n) is 8.44. The van der Waals surface area contributed by atoms with Gasteiger partial charge in [0.1, 0.15) is 35.4 Å². The van der Waals surface area contributed by atoms with Crippen molar-refractivity contribution in [1.29, 1.82) is 21.0 Å². The van der Waals surface area contributed by atoms with Gasteiger partial charge in [0, 0.05) is 12.0 Å². The van der Waals surface area contributed by atoms with Crippen molar-refractivity contribution in [2.75, 3.05) is 34.5 Å². The molecular formula is C32H28N4O6. The number of hydrogen-bond acceptors (Lipinski definition) is 10. The zero-order chi connectivity index (χ0) is 31.1. The topological polar surface area (TPSA) is 158 Å². The lowest BCUT2D eigenvalue weighted by atomic mass is 9.91. The van der Waals surface area contributed by atoms with E-state index in [2.05, 4.69) is 6.58 Å². The average Bonchev–Trinajstić information content (AvgIpc) is 3.02. The average molecular weight is 565 g/mol. The number of allylic oxidation sites excluding steroid dienone is 6. The van der Waals surface area contributed by atoms with Crippen molar-refractivity contribution in [3.8, 4) is 47.3 Å². The third kappa shape index (κ3) is 8.52. The molecule has 0 saturated carbocycles. The molecule has 0 aromatic heterocycles. The molecule has 0 heterocycles. The van der Waals surface area contributed by atoms with Crippen molar-refractivity contribution in [2.45, 2.75) is 13.3 Å². The smallest absolute Gasteiger partial charge is 0.333 e. The zero-order valence-electron chi connectivity index (χ0n) is 23.7. The molecule has 0 spiro atoms. The lowest BCUT2D eigenvalue weighted by Crippen LogP contribution is -2.09. The molecule has 0 bridgehead atoms. The SMILES string of the molecule is C=C(C)C(=O)OCCCOc1ccc(/C(C=C(C#N)C#N)=C(\C=C(C#N)C#N)c2ccc(OC)c(OC)c2)cc1OC. The Balaban J connectivity index is 2.71. The summed E-state index contributed by atoms with van der Waals surface area (Å²) in [5.41, 5.74) is 1.60. The van der Waals surface area contributed by atoms with Gasteiger partial charge in [-0.2, -0.15) is 21.0 Å². The van der Waals surface area contributed by atoms with Crippen LogP contribution in [0.15, 0.2) is 71.8 Å². The highest BCUT2D eigenvalue weighted by Gasteiger charge is 2.16. The summed E-state index contributed by atoms with van der Waals surface area (Å²) >= 11 is 0. The Morgan fingerprint density at radius 1 is 0.738 bits per heavy atom. The third-order valence-corrected chi connectivity index (χ3v) is 5.65. The van der Waals surface area contributed by atoms with Crippen molar-refractivity contribution >= 4 is 17.1 Å². The van der Waals surface area contributed by atoms with Gasteiger partial charge in [-0.3, -0.25) is 0 Å². The number of carbonyl (C=O) groups is 1. The standard InChI is InChI=1S/C32H28N4O6/c1-21(2)32(37)42-12-6-11-41-29-10-8-25(16-31(29)40-5)27(14-23(19-35)20-36)26(13-22(17-33)18-34)24-7-9-28(38-3)30(15-24)39-4/h7-10,13-16H,1,6,11-12H2,2-5H3/b27-26+. The van der Waals surface area contributed by atoms with Gasteiger partial charge in [-0.1, -0.05) is 18.7 Å². The van der Waals surface area contributed by atoms with Crippen molar-refractivity contribution < 1.29 is 28.5 Å². The van der Waals surface area contributed by atoms with Gasteiger partial charge in [0.25, 0.3) is 0 Å². The molecule has 0 unspecified atom stereocenters. The van der Waals surface area contributed by atoms with Gasteiger partial charge >= 0.3 is 5.97 Å². The Kier molecular flexibility index (Phi) is 12.4. The predicted octanol–water partition coefficient (Wildman–Crippen LogP) is 5.46. The highest BCUT2D eigenvalue weighted by atomic mass is 16.5. The fourth-order valence-corrected chi connectivity index (χ4v) is 3.59. The van der Waals surface area contributed by atoms with Crippen LogP contribution in [0.25, 0.3) is 11.1 Å². The Bertz CT molecular complexity index is 1580. The number of nitrogens with zero attached hydrogens (tertiary/aromatic N) is 4. The lowest BCUT2D eigenvalue weighted by Gasteiger charge is -2.16. The Morgan fingerprint density at radius 3 is 1.62 bits per heavy atom. The normalized spacial score (nSPS) is 10.2. The number of hydrogen-bond donors (Lipinski definition) is 0. The first kappa shape index (κ1) is 32.2. The second-order valence-corrected chi connectivity index (χ2v) is 8.44. The van der Waals surface area contributed by atoms with Crippen LogP contribution in [-0.2, 0) is 9.53 Å². The molecule has 0 aliphatic carbocycles. The van der Waals surface area contributed by atoms with E-state index in [1.807, 2.05) is 24.3 Å². The fraction of sp³-hybridized carbons (Fsp3) is 0.219. The number of rotatable bonds is 13. The van der Waals surface area contributed by atoms with E-state index in [1.165, 1.54) is 33.5 Å². The summed E-state index contributed by atoms with van der Waals surface area (Å²) in [5, 5.41) is 38.2. The highest BCUT2D eigenvalue weighted by molar-refractivity contribution is 6.01. The van der Waals surface area contributed by atoms with Crippen molar-refractivity contribution in [3.05, 3.63) is 83.0 Å². The van der Waals surface area contributed by atoms with Crippen LogP contribution < -0.4 is 18.9 Å². The molecule has 2 rings (SSSR count). The Hall–Kier alpha value is -5.97. The molecule has 2 aromatic rings. The van der Waals surface area contributed by atoms with E-state index >= 15 is 0 Å². The number of carbonyl (C=O) groups excluding carboxylic acids is 1. The largest absolute Gasteiger partial charge is 0.493 e. The quantitative estimate of drug-likeness (QED) is 0.0763. The molecule has 0 saturated heterocycles. The monoisotopic (exact) mass is 564 g/mol. The lowest BCUT2D eigenvalue weighted by molar-refractivity contribution is -0.139. The summed E-state index contributed by atoms with van der Waals surface area (Å²) in [5.74, 6) is 1.10. The van der Waals surface area contributed by atoms with Crippen molar-refractivity contribution in [3.63, 3.8) is 0 Å². The summed E-state index contributed by atoms with van der Waals surface area (Å²) < 4.78 is 27.2. The minimum Gasteiger partial charge on any atom is -0.493 e. The molecule has 10 nitrogen and oxygen atoms in total.